The third-order valence-electron chi connectivity index (χ3n) is 19.0. The van der Waals surface area contributed by atoms with Gasteiger partial charge in [0, 0.05) is 43.4 Å². The number of H-pyrrole nitrogens is 1. The van der Waals surface area contributed by atoms with E-state index in [1.807, 2.05) is 5.32 Å². The van der Waals surface area contributed by atoms with Crippen molar-refractivity contribution in [1.82, 2.24) is 73.7 Å². The van der Waals surface area contributed by atoms with Crippen LogP contribution in [0, 0.1) is 17.8 Å². The number of rotatable bonds is 37. The quantitative estimate of drug-likeness (QED) is 0.0225. The summed E-state index contributed by atoms with van der Waals surface area (Å²) in [5.74, 6) is -28.5. The summed E-state index contributed by atoms with van der Waals surface area (Å²) in [7, 11) is 0.950. The lowest BCUT2D eigenvalue weighted by molar-refractivity contribution is -0.159. The van der Waals surface area contributed by atoms with Gasteiger partial charge in [0.15, 0.2) is 0 Å². The first-order valence-electron chi connectivity index (χ1n) is 37.8. The van der Waals surface area contributed by atoms with Gasteiger partial charge in [0.25, 0.3) is 0 Å². The molecule has 15 amide bonds. The fraction of sp³-hybridized carbons (Fsp3) is 0.616. The van der Waals surface area contributed by atoms with Crippen LogP contribution in [-0.4, -0.2) is 248 Å². The molecule has 0 spiro atoms. The van der Waals surface area contributed by atoms with Crippen LogP contribution < -0.4 is 81.0 Å². The molecule has 2 aromatic rings. The van der Waals surface area contributed by atoms with Crippen LogP contribution in [-0.2, 0) is 107 Å². The number of likely N-dealkylation sites (N-methyl/N-ethyl adjacent to an activating group) is 1. The molecule has 115 heavy (non-hydrogen) atoms. The minimum Gasteiger partial charge on any atom is -0.481 e. The average molecular weight is 1630 g/mol. The SMILES string of the molecule is CCC(C)CCCCCCC(=O)N[C@@H](Cc1c[nH]c2ccccc12)C(=O)N[C@H](CCC(=O)O)C(=O)N[C@@H](CC(N)=O)C(=O)N[C@@H]1C(=O)N(C)CC(=O)N[C@@H](C)C(=O)N[C@@H](CC(=O)O)C(=O)N[C@H](CCCCN)C(=O)N[C@@H](CC(=O)O)C(=O)NCC(=O)N[C@H](CC(N)=O)C(=O)N[C@@H](C(C)CC(=O)O)C(=O)N[C@@H]([C@@H](C)CC)C(=O)O[C@@H]1C. The molecule has 1 aliphatic rings. The second-order valence-corrected chi connectivity index (χ2v) is 28.6. The number of para-hydroxylation sites is 1. The van der Waals surface area contributed by atoms with E-state index in [0.717, 1.165) is 53.5 Å². The third-order valence-corrected chi connectivity index (χ3v) is 19.0. The monoisotopic (exact) mass is 1630 g/mol. The zero-order chi connectivity index (χ0) is 86.5. The summed E-state index contributed by atoms with van der Waals surface area (Å²) in [5, 5.41) is 67.3. The number of primary amides is 2. The van der Waals surface area contributed by atoms with Crippen LogP contribution in [0.4, 0.5) is 0 Å². The number of aromatic nitrogens is 1. The molecule has 1 fully saturated rings. The number of nitrogens with one attached hydrogen (secondary N) is 13. The van der Waals surface area contributed by atoms with Crippen LogP contribution in [0.5, 0.6) is 0 Å². The third kappa shape index (κ3) is 34.6. The number of carbonyl (C=O) groups is 20. The van der Waals surface area contributed by atoms with Crippen molar-refractivity contribution in [3.05, 3.63) is 36.0 Å². The Hall–Kier alpha value is -11.9. The van der Waals surface area contributed by atoms with E-state index >= 15 is 0 Å². The number of esters is 1. The minimum absolute atomic E-state index is 0.00000480. The molecule has 1 saturated heterocycles. The molecule has 2 unspecified atom stereocenters. The Morgan fingerprint density at radius 1 is 0.557 bits per heavy atom. The van der Waals surface area contributed by atoms with Crippen LogP contribution in [0.1, 0.15) is 170 Å². The summed E-state index contributed by atoms with van der Waals surface area (Å²) in [4.78, 5) is 277. The highest BCUT2D eigenvalue weighted by Crippen LogP contribution is 2.22. The van der Waals surface area contributed by atoms with Crippen LogP contribution in [0.3, 0.4) is 0 Å². The maximum Gasteiger partial charge on any atom is 0.329 e. The van der Waals surface area contributed by atoms with Crippen molar-refractivity contribution >= 4 is 129 Å². The summed E-state index contributed by atoms with van der Waals surface area (Å²) in [6, 6.07) is -14.3. The first-order chi connectivity index (χ1) is 54.1. The number of cyclic esters (lactones) is 1. The van der Waals surface area contributed by atoms with E-state index in [-0.39, 0.29) is 45.1 Å². The number of aliphatic carboxylic acids is 4. The number of ether oxygens (including phenoxy) is 1. The minimum atomic E-state index is -2.27. The van der Waals surface area contributed by atoms with E-state index in [1.54, 1.807) is 30.5 Å². The van der Waals surface area contributed by atoms with E-state index in [1.165, 1.54) is 13.8 Å². The second-order valence-electron chi connectivity index (χ2n) is 28.6. The highest BCUT2D eigenvalue weighted by molar-refractivity contribution is 6.02. The summed E-state index contributed by atoms with van der Waals surface area (Å²) >= 11 is 0. The molecule has 42 heteroatoms. The molecule has 42 nitrogen and oxygen atoms in total. The predicted octanol–water partition coefficient (Wildman–Crippen LogP) is -4.18. The van der Waals surface area contributed by atoms with E-state index < -0.39 is 261 Å². The maximum absolute atomic E-state index is 15.0. The predicted molar refractivity (Wildman–Crippen MR) is 405 cm³/mol. The summed E-state index contributed by atoms with van der Waals surface area (Å²) in [6.07, 6.45) is -2.59. The van der Waals surface area contributed by atoms with Gasteiger partial charge in [0.1, 0.15) is 72.6 Å². The smallest absolute Gasteiger partial charge is 0.329 e. The van der Waals surface area contributed by atoms with E-state index in [4.69, 9.17) is 21.9 Å². The fourth-order valence-corrected chi connectivity index (χ4v) is 12.0. The topological polar surface area (TPSA) is 673 Å². The van der Waals surface area contributed by atoms with Crippen molar-refractivity contribution in [2.24, 2.45) is 35.0 Å². The van der Waals surface area contributed by atoms with Gasteiger partial charge in [0.2, 0.25) is 88.6 Å². The van der Waals surface area contributed by atoms with Crippen LogP contribution >= 0.6 is 0 Å². The Morgan fingerprint density at radius 3 is 1.75 bits per heavy atom. The first kappa shape index (κ1) is 97.3. The second kappa shape index (κ2) is 48.9. The Labute approximate surface area is 662 Å². The number of hydrogen-bond acceptors (Lipinski definition) is 22. The van der Waals surface area contributed by atoms with Gasteiger partial charge in [-0.05, 0) is 81.9 Å². The molecule has 638 valence electrons. The number of nitrogens with two attached hydrogens (primary N) is 3. The number of carbonyl (C=O) groups excluding carboxylic acids is 16. The molecule has 0 saturated carbocycles. The Morgan fingerprint density at radius 2 is 1.14 bits per heavy atom. The maximum atomic E-state index is 15.0. The van der Waals surface area contributed by atoms with Gasteiger partial charge < -0.3 is 116 Å². The molecular formula is C73H111N17O25. The first-order valence-corrected chi connectivity index (χ1v) is 37.8. The molecule has 3 rings (SSSR count). The lowest BCUT2D eigenvalue weighted by Crippen LogP contribution is -2.62. The molecule has 0 bridgehead atoms. The Kier molecular flexibility index (Phi) is 41.4. The zero-order valence-corrected chi connectivity index (χ0v) is 65.6. The lowest BCUT2D eigenvalue weighted by atomic mass is 9.94. The van der Waals surface area contributed by atoms with Crippen LogP contribution in [0.2, 0.25) is 0 Å². The van der Waals surface area contributed by atoms with Gasteiger partial charge >= 0.3 is 29.8 Å². The molecule has 1 aliphatic heterocycles. The number of fused-ring (bicyclic) bond motifs is 1. The normalized spacial score (nSPS) is 21.9. The van der Waals surface area contributed by atoms with Crippen molar-refractivity contribution in [2.75, 3.05) is 26.7 Å². The summed E-state index contributed by atoms with van der Waals surface area (Å²) in [5.41, 5.74) is 17.9. The molecule has 1 aromatic heterocycles. The zero-order valence-electron chi connectivity index (χ0n) is 65.6. The fourth-order valence-electron chi connectivity index (χ4n) is 12.0. The number of benzene rings is 1. The molecular weight excluding hydrogens is 1510 g/mol. The summed E-state index contributed by atoms with van der Waals surface area (Å²) < 4.78 is 5.81. The highest BCUT2D eigenvalue weighted by atomic mass is 16.5. The molecule has 23 N–H and O–H groups in total. The average Bonchev–Trinajstić information content (AvgIpc) is 1.63. The Bertz CT molecular complexity index is 3820. The number of aromatic amines is 1. The van der Waals surface area contributed by atoms with E-state index in [0.29, 0.717) is 40.1 Å². The summed E-state index contributed by atoms with van der Waals surface area (Å²) in [6.45, 7) is 8.17. The molecule has 15 atom stereocenters. The standard InChI is InChI=1S/C73H111N17O25/c1-9-36(3)19-13-11-12-14-23-53(93)80-46(28-41-33-77-43-21-16-15-20-42(41)43)67(108)83-45(24-25-56(96)97)66(107)85-48(30-52(76)92)70(111)89-62-40(7)115-73(114)61(37(4)10-2)88-71(112)60(38(5)27-57(98)99)87-69(110)47(29-51(75)91)81-54(94)34-78-64(105)49(31-58(100)101)86-65(106)44(22-17-18-26-74)82-68(109)50(32-59(102)103)84-63(104)39(6)79-55(95)35-90(8)72(62)113/h15-16,20-21,33,36-40,44-50,60-62,77H,9-14,17-19,22-32,34-35,74H2,1-8H3,(H2,75,91)(H2,76,92)(H,78,105)(H,79,95)(H,80,93)(H,81,94)(H,82,109)(H,83,108)(H,84,104)(H,85,107)(H,86,106)(H,87,110)(H,88,112)(H,89,111)(H,96,97)(H,98,99)(H,100,101)(H,102,103)/t36?,37-,38?,39-,40+,44+,45+,46-,47+,48-,49-,50-,60-,61-,62-/m0/s1. The van der Waals surface area contributed by atoms with Gasteiger partial charge in [-0.15, -0.1) is 0 Å². The van der Waals surface area contributed by atoms with Crippen molar-refractivity contribution in [3.8, 4) is 0 Å². The Balaban J connectivity index is 2.25. The van der Waals surface area contributed by atoms with E-state index in [2.05, 4.69) is 77.3 Å². The molecule has 0 radical (unpaired) electrons. The highest BCUT2D eigenvalue weighted by Gasteiger charge is 2.42. The van der Waals surface area contributed by atoms with Gasteiger partial charge in [0.05, 0.1) is 45.2 Å². The van der Waals surface area contributed by atoms with Gasteiger partial charge in [-0.1, -0.05) is 91.3 Å². The lowest BCUT2D eigenvalue weighted by Gasteiger charge is -2.32. The van der Waals surface area contributed by atoms with Crippen molar-refractivity contribution in [1.29, 1.82) is 0 Å². The van der Waals surface area contributed by atoms with Crippen molar-refractivity contribution in [2.45, 2.75) is 243 Å². The number of nitrogens with zero attached hydrogens (tertiary/aromatic N) is 1. The van der Waals surface area contributed by atoms with Crippen molar-refractivity contribution < 1.29 is 121 Å². The number of unbranched alkanes of at least 4 members (excludes halogenated alkanes) is 4. The van der Waals surface area contributed by atoms with Crippen LogP contribution in [0.25, 0.3) is 10.9 Å². The van der Waals surface area contributed by atoms with E-state index in [9.17, 15) is 116 Å². The largest absolute Gasteiger partial charge is 0.481 e. The molecule has 2 heterocycles. The number of hydrogen-bond donors (Lipinski definition) is 20. The van der Waals surface area contributed by atoms with Crippen LogP contribution in [0.15, 0.2) is 30.5 Å². The van der Waals surface area contributed by atoms with Gasteiger partial charge in [-0.25, -0.2) is 4.79 Å². The van der Waals surface area contributed by atoms with Gasteiger partial charge in [-0.3, -0.25) is 91.1 Å². The molecule has 0 aliphatic carbocycles. The number of carboxylic acid groups (broad SMARTS) is 4. The van der Waals surface area contributed by atoms with Crippen molar-refractivity contribution in [3.63, 3.8) is 0 Å². The number of carboxylic acids is 4. The van der Waals surface area contributed by atoms with Gasteiger partial charge in [-0.2, -0.15) is 0 Å². The molecule has 1 aromatic carbocycles. The number of amides is 15.